The first-order chi connectivity index (χ1) is 15.4. The molecule has 0 saturated carbocycles. The number of benzene rings is 1. The number of nitriles is 1. The summed E-state index contributed by atoms with van der Waals surface area (Å²) in [5.41, 5.74) is -0.328. The van der Waals surface area contributed by atoms with Crippen molar-refractivity contribution in [2.24, 2.45) is 0 Å². The van der Waals surface area contributed by atoms with Crippen molar-refractivity contribution in [3.05, 3.63) is 29.8 Å². The van der Waals surface area contributed by atoms with E-state index in [2.05, 4.69) is 10.6 Å². The zero-order valence-corrected chi connectivity index (χ0v) is 20.9. The van der Waals surface area contributed by atoms with Gasteiger partial charge in [0.05, 0.1) is 6.07 Å². The maximum atomic E-state index is 13.6. The summed E-state index contributed by atoms with van der Waals surface area (Å²) in [6.07, 6.45) is 1.40. The number of aromatic hydroxyl groups is 1. The number of thioether (sulfide) groups is 1. The van der Waals surface area contributed by atoms with Gasteiger partial charge in [0.2, 0.25) is 11.8 Å². The number of carbonyl (C=O) groups excluding carboxylic acids is 3. The van der Waals surface area contributed by atoms with Crippen LogP contribution in [-0.4, -0.2) is 64.2 Å². The third kappa shape index (κ3) is 9.61. The van der Waals surface area contributed by atoms with Crippen molar-refractivity contribution in [3.63, 3.8) is 0 Å². The van der Waals surface area contributed by atoms with Gasteiger partial charge in [-0.15, -0.1) is 0 Å². The Bertz CT molecular complexity index is 846. The maximum Gasteiger partial charge on any atom is 0.408 e. The standard InChI is InChI=1S/C23H34N4O5S/c1-15(2)25-20(29)19(16-7-9-17(28)10-8-16)27(13-12-24)21(30)18(11-14-33-6)26-22(31)32-23(3,4)5/h7-10,15,18-19,28H,11,13-14H2,1-6H3,(H,25,29)(H,26,31). The summed E-state index contributed by atoms with van der Waals surface area (Å²) in [6, 6.07) is 5.48. The average molecular weight is 479 g/mol. The first-order valence-corrected chi connectivity index (χ1v) is 12.0. The van der Waals surface area contributed by atoms with Gasteiger partial charge in [-0.1, -0.05) is 12.1 Å². The van der Waals surface area contributed by atoms with Crippen LogP contribution in [0.25, 0.3) is 0 Å². The minimum absolute atomic E-state index is 0.00404. The summed E-state index contributed by atoms with van der Waals surface area (Å²) < 4.78 is 5.30. The minimum Gasteiger partial charge on any atom is -0.508 e. The van der Waals surface area contributed by atoms with E-state index in [9.17, 15) is 24.8 Å². The number of hydrogen-bond donors (Lipinski definition) is 3. The molecule has 0 saturated heterocycles. The van der Waals surface area contributed by atoms with Crippen molar-refractivity contribution in [2.45, 2.75) is 64.8 Å². The number of hydrogen-bond acceptors (Lipinski definition) is 7. The van der Waals surface area contributed by atoms with Crippen LogP contribution in [0.15, 0.2) is 24.3 Å². The van der Waals surface area contributed by atoms with Crippen molar-refractivity contribution in [2.75, 3.05) is 18.6 Å². The van der Waals surface area contributed by atoms with E-state index in [0.717, 1.165) is 4.90 Å². The van der Waals surface area contributed by atoms with Crippen molar-refractivity contribution < 1.29 is 24.2 Å². The van der Waals surface area contributed by atoms with Gasteiger partial charge in [0, 0.05) is 6.04 Å². The van der Waals surface area contributed by atoms with Gasteiger partial charge in [-0.3, -0.25) is 9.59 Å². The summed E-state index contributed by atoms with van der Waals surface area (Å²) in [4.78, 5) is 40.2. The summed E-state index contributed by atoms with van der Waals surface area (Å²) in [7, 11) is 0. The van der Waals surface area contributed by atoms with Gasteiger partial charge in [-0.2, -0.15) is 17.0 Å². The molecule has 0 aromatic heterocycles. The second-order valence-corrected chi connectivity index (χ2v) is 9.75. The minimum atomic E-state index is -1.13. The van der Waals surface area contributed by atoms with Crippen LogP contribution in [0.3, 0.4) is 0 Å². The van der Waals surface area contributed by atoms with Gasteiger partial charge in [0.1, 0.15) is 30.0 Å². The number of nitrogens with one attached hydrogen (secondary N) is 2. The van der Waals surface area contributed by atoms with Crippen molar-refractivity contribution >= 4 is 29.7 Å². The van der Waals surface area contributed by atoms with E-state index in [1.807, 2.05) is 12.3 Å². The van der Waals surface area contributed by atoms with Crippen LogP contribution in [-0.2, 0) is 14.3 Å². The van der Waals surface area contributed by atoms with Crippen molar-refractivity contribution in [1.29, 1.82) is 5.26 Å². The third-order valence-electron chi connectivity index (χ3n) is 4.32. The Hall–Kier alpha value is -2.93. The summed E-state index contributed by atoms with van der Waals surface area (Å²) in [5.74, 6) is -0.479. The first kappa shape index (κ1) is 28.1. The highest BCUT2D eigenvalue weighted by Gasteiger charge is 2.36. The van der Waals surface area contributed by atoms with Crippen LogP contribution in [0.2, 0.25) is 0 Å². The van der Waals surface area contributed by atoms with Gasteiger partial charge < -0.3 is 25.4 Å². The monoisotopic (exact) mass is 478 g/mol. The lowest BCUT2D eigenvalue weighted by atomic mass is 10.0. The van der Waals surface area contributed by atoms with E-state index < -0.39 is 35.6 Å². The van der Waals surface area contributed by atoms with E-state index in [0.29, 0.717) is 11.3 Å². The number of alkyl carbamates (subject to hydrolysis) is 1. The van der Waals surface area contributed by atoms with Gasteiger partial charge in [0.25, 0.3) is 0 Å². The van der Waals surface area contributed by atoms with Crippen molar-refractivity contribution in [3.8, 4) is 11.8 Å². The third-order valence-corrected chi connectivity index (χ3v) is 4.97. The molecule has 0 aliphatic rings. The highest BCUT2D eigenvalue weighted by atomic mass is 32.2. The van der Waals surface area contributed by atoms with E-state index in [4.69, 9.17) is 4.74 Å². The first-order valence-electron chi connectivity index (χ1n) is 10.6. The molecule has 0 heterocycles. The zero-order valence-electron chi connectivity index (χ0n) is 20.0. The van der Waals surface area contributed by atoms with Crippen LogP contribution in [0.5, 0.6) is 5.75 Å². The summed E-state index contributed by atoms with van der Waals surface area (Å²) >= 11 is 1.50. The molecular weight excluding hydrogens is 444 g/mol. The van der Waals surface area contributed by atoms with Gasteiger partial charge in [0.15, 0.2) is 0 Å². The predicted molar refractivity (Wildman–Crippen MR) is 128 cm³/mol. The molecule has 1 aromatic rings. The van der Waals surface area contributed by atoms with E-state index in [1.165, 1.54) is 36.0 Å². The topological polar surface area (TPSA) is 132 Å². The molecule has 0 spiro atoms. The highest BCUT2D eigenvalue weighted by molar-refractivity contribution is 7.98. The molecule has 3 amide bonds. The van der Waals surface area contributed by atoms with Gasteiger partial charge in [-0.25, -0.2) is 4.79 Å². The lowest BCUT2D eigenvalue weighted by Crippen LogP contribution is -2.53. The lowest BCUT2D eigenvalue weighted by Gasteiger charge is -2.33. The molecule has 1 rings (SSSR count). The molecule has 33 heavy (non-hydrogen) atoms. The van der Waals surface area contributed by atoms with Crippen LogP contribution in [0.4, 0.5) is 4.79 Å². The Morgan fingerprint density at radius 3 is 2.27 bits per heavy atom. The second-order valence-electron chi connectivity index (χ2n) is 8.76. The van der Waals surface area contributed by atoms with Crippen molar-refractivity contribution in [1.82, 2.24) is 15.5 Å². The Morgan fingerprint density at radius 1 is 1.18 bits per heavy atom. The fraction of sp³-hybridized carbons (Fsp3) is 0.565. The number of phenols is 1. The number of rotatable bonds is 10. The highest BCUT2D eigenvalue weighted by Crippen LogP contribution is 2.25. The number of carbonyl (C=O) groups is 3. The molecule has 10 heteroatoms. The Morgan fingerprint density at radius 2 is 1.79 bits per heavy atom. The summed E-state index contributed by atoms with van der Waals surface area (Å²) in [6.45, 7) is 8.34. The zero-order chi connectivity index (χ0) is 25.2. The molecule has 0 aliphatic heterocycles. The number of nitrogens with zero attached hydrogens (tertiary/aromatic N) is 2. The van der Waals surface area contributed by atoms with Gasteiger partial charge in [-0.05, 0) is 70.7 Å². The molecule has 2 unspecified atom stereocenters. The fourth-order valence-corrected chi connectivity index (χ4v) is 3.48. The molecule has 0 radical (unpaired) electrons. The predicted octanol–water partition coefficient (Wildman–Crippen LogP) is 2.96. The number of phenolic OH excluding ortho intramolecular Hbond substituents is 1. The van der Waals surface area contributed by atoms with E-state index in [1.54, 1.807) is 34.6 Å². The molecular formula is C23H34N4O5S. The quantitative estimate of drug-likeness (QED) is 0.441. The summed E-state index contributed by atoms with van der Waals surface area (Å²) in [5, 5.41) is 24.5. The smallest absolute Gasteiger partial charge is 0.408 e. The number of ether oxygens (including phenoxy) is 1. The molecule has 0 fully saturated rings. The molecule has 3 N–H and O–H groups in total. The van der Waals surface area contributed by atoms with E-state index in [-0.39, 0.29) is 24.8 Å². The Balaban J connectivity index is 3.37. The molecule has 0 bridgehead atoms. The Labute approximate surface area is 199 Å². The molecule has 0 aliphatic carbocycles. The van der Waals surface area contributed by atoms with Crippen LogP contribution >= 0.6 is 11.8 Å². The van der Waals surface area contributed by atoms with Crippen LogP contribution < -0.4 is 10.6 Å². The SMILES string of the molecule is CSCCC(NC(=O)OC(C)(C)C)C(=O)N(CC#N)C(C(=O)NC(C)C)c1ccc(O)cc1. The Kier molecular flexibility index (Phi) is 11.0. The maximum absolute atomic E-state index is 13.6. The molecule has 1 aromatic carbocycles. The van der Waals surface area contributed by atoms with Gasteiger partial charge >= 0.3 is 6.09 Å². The van der Waals surface area contributed by atoms with Crippen LogP contribution in [0, 0.1) is 11.3 Å². The second kappa shape index (κ2) is 12.9. The van der Waals surface area contributed by atoms with Crippen LogP contribution in [0.1, 0.15) is 52.6 Å². The normalized spacial score (nSPS) is 12.9. The largest absolute Gasteiger partial charge is 0.508 e. The average Bonchev–Trinajstić information content (AvgIpc) is 2.69. The fourth-order valence-electron chi connectivity index (χ4n) is 3.01. The molecule has 2 atom stereocenters. The molecule has 182 valence electrons. The lowest BCUT2D eigenvalue weighted by molar-refractivity contribution is -0.142. The van der Waals surface area contributed by atoms with E-state index >= 15 is 0 Å². The molecule has 9 nitrogen and oxygen atoms in total. The number of amides is 3.